The summed E-state index contributed by atoms with van der Waals surface area (Å²) in [7, 11) is 0. The molecular weight excluding hydrogens is 210 g/mol. The van der Waals surface area contributed by atoms with Crippen LogP contribution in [0, 0.1) is 6.92 Å². The van der Waals surface area contributed by atoms with Gasteiger partial charge in [-0.05, 0) is 25.1 Å². The van der Waals surface area contributed by atoms with E-state index in [9.17, 15) is 4.79 Å². The van der Waals surface area contributed by atoms with Crippen LogP contribution < -0.4 is 0 Å². The fourth-order valence-corrected chi connectivity index (χ4v) is 2.84. The van der Waals surface area contributed by atoms with E-state index in [0.29, 0.717) is 0 Å². The molecule has 0 aromatic carbocycles. The minimum atomic E-state index is -0.0287. The van der Waals surface area contributed by atoms with Gasteiger partial charge < -0.3 is 9.32 Å². The molecule has 1 atom stereocenters. The normalized spacial score (nSPS) is 20.6. The summed E-state index contributed by atoms with van der Waals surface area (Å²) in [5, 5.41) is 0.0178. The number of thioether (sulfide) groups is 1. The van der Waals surface area contributed by atoms with Gasteiger partial charge in [0.05, 0.1) is 0 Å². The Labute approximate surface area is 93.1 Å². The molecule has 0 N–H and O–H groups in total. The lowest BCUT2D eigenvalue weighted by atomic mass is 10.3. The van der Waals surface area contributed by atoms with E-state index < -0.39 is 0 Å². The van der Waals surface area contributed by atoms with Gasteiger partial charge in [-0.2, -0.15) is 0 Å². The van der Waals surface area contributed by atoms with Crippen molar-refractivity contribution in [2.45, 2.75) is 12.3 Å². The number of hydrogen-bond donors (Lipinski definition) is 0. The van der Waals surface area contributed by atoms with E-state index in [1.165, 1.54) is 6.08 Å². The van der Waals surface area contributed by atoms with Gasteiger partial charge in [0.15, 0.2) is 0 Å². The van der Waals surface area contributed by atoms with Gasteiger partial charge in [0.1, 0.15) is 16.9 Å². The van der Waals surface area contributed by atoms with E-state index >= 15 is 0 Å². The first-order valence-corrected chi connectivity index (χ1v) is 5.88. The summed E-state index contributed by atoms with van der Waals surface area (Å²) in [6, 6.07) is 3.85. The third kappa shape index (κ3) is 1.95. The number of rotatable bonds is 2. The lowest BCUT2D eigenvalue weighted by Crippen LogP contribution is -2.28. The Morgan fingerprint density at radius 2 is 2.53 bits per heavy atom. The third-order valence-electron chi connectivity index (χ3n) is 2.35. The molecule has 1 aliphatic rings. The molecular formula is C11H13NO2S. The lowest BCUT2D eigenvalue weighted by molar-refractivity contribution is -0.126. The lowest BCUT2D eigenvalue weighted by Gasteiger charge is -2.20. The zero-order valence-electron chi connectivity index (χ0n) is 8.60. The number of hydrogen-bond acceptors (Lipinski definition) is 3. The summed E-state index contributed by atoms with van der Waals surface area (Å²) in [5.41, 5.74) is 0. The van der Waals surface area contributed by atoms with E-state index in [1.807, 2.05) is 19.1 Å². The first kappa shape index (κ1) is 10.4. The zero-order chi connectivity index (χ0) is 10.8. The highest BCUT2D eigenvalue weighted by molar-refractivity contribution is 7.99. The van der Waals surface area contributed by atoms with Gasteiger partial charge in [0.2, 0.25) is 5.91 Å². The van der Waals surface area contributed by atoms with Crippen molar-refractivity contribution in [2.75, 3.05) is 12.3 Å². The molecule has 1 aliphatic heterocycles. The zero-order valence-corrected chi connectivity index (χ0v) is 9.42. The third-order valence-corrected chi connectivity index (χ3v) is 3.57. The van der Waals surface area contributed by atoms with Gasteiger partial charge in [-0.1, -0.05) is 6.58 Å². The summed E-state index contributed by atoms with van der Waals surface area (Å²) in [5.74, 6) is 2.65. The number of aryl methyl sites for hydroxylation is 1. The predicted molar refractivity (Wildman–Crippen MR) is 60.6 cm³/mol. The van der Waals surface area contributed by atoms with Crippen molar-refractivity contribution in [1.29, 1.82) is 0 Å². The maximum atomic E-state index is 11.6. The van der Waals surface area contributed by atoms with Crippen molar-refractivity contribution in [2.24, 2.45) is 0 Å². The van der Waals surface area contributed by atoms with Crippen LogP contribution in [0.1, 0.15) is 16.9 Å². The van der Waals surface area contributed by atoms with Crippen molar-refractivity contribution in [1.82, 2.24) is 4.90 Å². The van der Waals surface area contributed by atoms with Gasteiger partial charge in [-0.15, -0.1) is 11.8 Å². The molecule has 1 saturated heterocycles. The number of amides is 1. The second-order valence-electron chi connectivity index (χ2n) is 3.41. The minimum absolute atomic E-state index is 0.0178. The SMILES string of the molecule is C=CC(=O)N1CCSC1c1ccc(C)o1. The van der Waals surface area contributed by atoms with Gasteiger partial charge >= 0.3 is 0 Å². The maximum Gasteiger partial charge on any atom is 0.247 e. The fourth-order valence-electron chi connectivity index (χ4n) is 1.63. The number of carbonyl (C=O) groups excluding carboxylic acids is 1. The Morgan fingerprint density at radius 3 is 3.13 bits per heavy atom. The number of carbonyl (C=O) groups is 1. The molecule has 0 spiro atoms. The average Bonchev–Trinajstić information content (AvgIpc) is 2.84. The molecule has 0 saturated carbocycles. The second kappa shape index (κ2) is 4.14. The quantitative estimate of drug-likeness (QED) is 0.722. The highest BCUT2D eigenvalue weighted by Crippen LogP contribution is 2.38. The van der Waals surface area contributed by atoms with Crippen LogP contribution in [0.2, 0.25) is 0 Å². The molecule has 1 fully saturated rings. The molecule has 15 heavy (non-hydrogen) atoms. The Bertz CT molecular complexity index is 386. The molecule has 0 aliphatic carbocycles. The van der Waals surface area contributed by atoms with Crippen LogP contribution in [0.4, 0.5) is 0 Å². The van der Waals surface area contributed by atoms with Crippen LogP contribution in [-0.2, 0) is 4.79 Å². The van der Waals surface area contributed by atoms with Crippen LogP contribution in [0.15, 0.2) is 29.2 Å². The van der Waals surface area contributed by atoms with Gasteiger partial charge in [-0.25, -0.2) is 0 Å². The van der Waals surface area contributed by atoms with Gasteiger partial charge in [-0.3, -0.25) is 4.79 Å². The minimum Gasteiger partial charge on any atom is -0.463 e. The van der Waals surface area contributed by atoms with Crippen LogP contribution in [0.25, 0.3) is 0 Å². The molecule has 3 nitrogen and oxygen atoms in total. The van der Waals surface area contributed by atoms with Gasteiger partial charge in [0.25, 0.3) is 0 Å². The number of furan rings is 1. The summed E-state index contributed by atoms with van der Waals surface area (Å²) >= 11 is 1.72. The Balaban J connectivity index is 2.21. The van der Waals surface area contributed by atoms with Gasteiger partial charge in [0, 0.05) is 12.3 Å². The standard InChI is InChI=1S/C11H13NO2S/c1-3-10(13)12-6-7-15-11(12)9-5-4-8(2)14-9/h3-5,11H,1,6-7H2,2H3. The highest BCUT2D eigenvalue weighted by atomic mass is 32.2. The van der Waals surface area contributed by atoms with E-state index in [-0.39, 0.29) is 11.3 Å². The van der Waals surface area contributed by atoms with E-state index in [0.717, 1.165) is 23.8 Å². The number of nitrogens with zero attached hydrogens (tertiary/aromatic N) is 1. The van der Waals surface area contributed by atoms with Crippen LogP contribution >= 0.6 is 11.8 Å². The van der Waals surface area contributed by atoms with Crippen molar-refractivity contribution >= 4 is 17.7 Å². The predicted octanol–water partition coefficient (Wildman–Crippen LogP) is 2.35. The van der Waals surface area contributed by atoms with Crippen LogP contribution in [0.3, 0.4) is 0 Å². The molecule has 1 unspecified atom stereocenters. The molecule has 80 valence electrons. The Hall–Kier alpha value is -1.16. The smallest absolute Gasteiger partial charge is 0.247 e. The maximum absolute atomic E-state index is 11.6. The first-order valence-electron chi connectivity index (χ1n) is 4.83. The van der Waals surface area contributed by atoms with Crippen LogP contribution in [-0.4, -0.2) is 23.1 Å². The van der Waals surface area contributed by atoms with Crippen molar-refractivity contribution in [3.8, 4) is 0 Å². The largest absolute Gasteiger partial charge is 0.463 e. The first-order chi connectivity index (χ1) is 7.22. The topological polar surface area (TPSA) is 33.5 Å². The Kier molecular flexibility index (Phi) is 2.86. The van der Waals surface area contributed by atoms with Crippen molar-refractivity contribution in [3.05, 3.63) is 36.3 Å². The summed E-state index contributed by atoms with van der Waals surface area (Å²) in [4.78, 5) is 13.3. The molecule has 2 heterocycles. The molecule has 1 aromatic heterocycles. The highest BCUT2D eigenvalue weighted by Gasteiger charge is 2.31. The fraction of sp³-hybridized carbons (Fsp3) is 0.364. The Morgan fingerprint density at radius 1 is 1.73 bits per heavy atom. The van der Waals surface area contributed by atoms with E-state index in [1.54, 1.807) is 16.7 Å². The van der Waals surface area contributed by atoms with Crippen molar-refractivity contribution in [3.63, 3.8) is 0 Å². The molecule has 1 amide bonds. The molecule has 1 aromatic rings. The molecule has 0 bridgehead atoms. The molecule has 2 rings (SSSR count). The van der Waals surface area contributed by atoms with Crippen molar-refractivity contribution < 1.29 is 9.21 Å². The van der Waals surface area contributed by atoms with E-state index in [2.05, 4.69) is 6.58 Å². The molecule has 4 heteroatoms. The summed E-state index contributed by atoms with van der Waals surface area (Å²) < 4.78 is 5.54. The summed E-state index contributed by atoms with van der Waals surface area (Å²) in [6.07, 6.45) is 1.36. The summed E-state index contributed by atoms with van der Waals surface area (Å²) in [6.45, 7) is 6.18. The second-order valence-corrected chi connectivity index (χ2v) is 4.60. The average molecular weight is 223 g/mol. The van der Waals surface area contributed by atoms with E-state index in [4.69, 9.17) is 4.42 Å². The monoisotopic (exact) mass is 223 g/mol. The molecule has 0 radical (unpaired) electrons. The van der Waals surface area contributed by atoms with Crippen LogP contribution in [0.5, 0.6) is 0 Å².